The van der Waals surface area contributed by atoms with Crippen molar-refractivity contribution in [2.45, 2.75) is 31.7 Å². The highest BCUT2D eigenvalue weighted by molar-refractivity contribution is 6.31. The van der Waals surface area contributed by atoms with Crippen molar-refractivity contribution in [1.29, 1.82) is 0 Å². The highest BCUT2D eigenvalue weighted by atomic mass is 35.5. The van der Waals surface area contributed by atoms with Crippen LogP contribution in [0.4, 0.5) is 33.3 Å². The predicted molar refractivity (Wildman–Crippen MR) is 144 cm³/mol. The molecule has 2 aliphatic rings. The standard InChI is InChI=1S/C27H31ClF5N5O3/c28-18-2-4-21(22(13-18)38-11-9-36(10-12-38)8-6-27(31,32)33)35-26(41)20-3-1-17(24(29)25(20)30)14-34-23(40)16-37-7-5-19(39)15-37/h1-4,13,19,39H,5-12,14-16H2,(H,34,40)(H,35,41)/t19-/m0/s1. The molecule has 2 fully saturated rings. The first-order valence-electron chi connectivity index (χ1n) is 13.2. The van der Waals surface area contributed by atoms with Crippen LogP contribution in [-0.2, 0) is 11.3 Å². The minimum atomic E-state index is -4.24. The molecular formula is C27H31ClF5N5O3. The molecule has 2 aromatic carbocycles. The van der Waals surface area contributed by atoms with E-state index in [1.165, 1.54) is 18.2 Å². The van der Waals surface area contributed by atoms with E-state index in [-0.39, 0.29) is 30.9 Å². The zero-order valence-corrected chi connectivity index (χ0v) is 22.9. The molecule has 0 unspecified atom stereocenters. The van der Waals surface area contributed by atoms with Crippen molar-refractivity contribution >= 4 is 34.8 Å². The number of hydrogen-bond acceptors (Lipinski definition) is 6. The van der Waals surface area contributed by atoms with Gasteiger partial charge in [0.15, 0.2) is 11.6 Å². The first-order chi connectivity index (χ1) is 19.4. The molecule has 2 saturated heterocycles. The van der Waals surface area contributed by atoms with E-state index in [9.17, 15) is 36.6 Å². The Balaban J connectivity index is 1.38. The SMILES string of the molecule is O=C(CN1CC[C@H](O)C1)NCc1ccc(C(=O)Nc2ccc(Cl)cc2N2CCN(CCC(F)(F)F)CC2)c(F)c1F. The van der Waals surface area contributed by atoms with Gasteiger partial charge in [0.2, 0.25) is 5.91 Å². The average Bonchev–Trinajstić information content (AvgIpc) is 3.33. The van der Waals surface area contributed by atoms with E-state index in [2.05, 4.69) is 10.6 Å². The summed E-state index contributed by atoms with van der Waals surface area (Å²) < 4.78 is 67.4. The van der Waals surface area contributed by atoms with E-state index >= 15 is 0 Å². The molecule has 0 aromatic heterocycles. The van der Waals surface area contributed by atoms with Crippen molar-refractivity contribution in [3.8, 4) is 0 Å². The number of carbonyl (C=O) groups excluding carboxylic acids is 2. The molecule has 0 bridgehead atoms. The normalized spacial score (nSPS) is 18.5. The molecular weight excluding hydrogens is 573 g/mol. The van der Waals surface area contributed by atoms with Gasteiger partial charge in [-0.05, 0) is 30.7 Å². The van der Waals surface area contributed by atoms with Crippen LogP contribution in [0.5, 0.6) is 0 Å². The number of anilines is 2. The number of nitrogens with one attached hydrogen (secondary N) is 2. The van der Waals surface area contributed by atoms with Gasteiger partial charge >= 0.3 is 6.18 Å². The van der Waals surface area contributed by atoms with E-state index in [4.69, 9.17) is 11.6 Å². The fraction of sp³-hybridized carbons (Fsp3) is 0.481. The molecule has 3 N–H and O–H groups in total. The van der Waals surface area contributed by atoms with Crippen LogP contribution in [0, 0.1) is 11.6 Å². The monoisotopic (exact) mass is 603 g/mol. The Kier molecular flexibility index (Phi) is 10.1. The number of benzene rings is 2. The van der Waals surface area contributed by atoms with Crippen LogP contribution in [0.15, 0.2) is 30.3 Å². The molecule has 41 heavy (non-hydrogen) atoms. The van der Waals surface area contributed by atoms with Crippen molar-refractivity contribution in [2.24, 2.45) is 0 Å². The maximum absolute atomic E-state index is 14.9. The Morgan fingerprint density at radius 1 is 1.00 bits per heavy atom. The zero-order chi connectivity index (χ0) is 29.7. The minimum absolute atomic E-state index is 0.0215. The molecule has 2 amide bonds. The third-order valence-electron chi connectivity index (χ3n) is 7.13. The van der Waals surface area contributed by atoms with Crippen LogP contribution in [0.25, 0.3) is 0 Å². The van der Waals surface area contributed by atoms with Crippen LogP contribution >= 0.6 is 11.6 Å². The van der Waals surface area contributed by atoms with Crippen LogP contribution in [0.1, 0.15) is 28.8 Å². The number of halogens is 6. The summed E-state index contributed by atoms with van der Waals surface area (Å²) in [4.78, 5) is 30.4. The number of carbonyl (C=O) groups is 2. The summed E-state index contributed by atoms with van der Waals surface area (Å²) >= 11 is 6.16. The van der Waals surface area contributed by atoms with Gasteiger partial charge in [-0.3, -0.25) is 19.4 Å². The van der Waals surface area contributed by atoms with Gasteiger partial charge in [0.25, 0.3) is 5.91 Å². The third-order valence-corrected chi connectivity index (χ3v) is 7.37. The second kappa shape index (κ2) is 13.3. The van der Waals surface area contributed by atoms with E-state index in [0.717, 1.165) is 6.07 Å². The van der Waals surface area contributed by atoms with E-state index < -0.39 is 47.7 Å². The Bertz CT molecular complexity index is 1260. The number of piperazine rings is 1. The van der Waals surface area contributed by atoms with Crippen LogP contribution in [0.3, 0.4) is 0 Å². The van der Waals surface area contributed by atoms with Gasteiger partial charge < -0.3 is 20.6 Å². The molecule has 0 aliphatic carbocycles. The molecule has 0 radical (unpaired) electrons. The molecule has 0 saturated carbocycles. The summed E-state index contributed by atoms with van der Waals surface area (Å²) in [7, 11) is 0. The number of β-amino-alcohol motifs (C(OH)–C–C–N with tert-alkyl or cyclic N) is 1. The van der Waals surface area contributed by atoms with Crippen molar-refractivity contribution in [3.05, 3.63) is 58.1 Å². The maximum Gasteiger partial charge on any atom is 0.390 e. The summed E-state index contributed by atoms with van der Waals surface area (Å²) in [5, 5.41) is 15.0. The maximum atomic E-state index is 14.9. The fourth-order valence-electron chi connectivity index (χ4n) is 4.87. The third kappa shape index (κ3) is 8.51. The summed E-state index contributed by atoms with van der Waals surface area (Å²) in [6.07, 6.45) is -5.06. The molecule has 224 valence electrons. The largest absolute Gasteiger partial charge is 0.392 e. The van der Waals surface area contributed by atoms with Gasteiger partial charge in [0, 0.05) is 62.9 Å². The van der Waals surface area contributed by atoms with Crippen LogP contribution in [-0.4, -0.2) is 91.4 Å². The summed E-state index contributed by atoms with van der Waals surface area (Å²) in [6, 6.07) is 6.97. The fourth-order valence-corrected chi connectivity index (χ4v) is 5.04. The molecule has 14 heteroatoms. The van der Waals surface area contributed by atoms with Crippen molar-refractivity contribution in [1.82, 2.24) is 15.1 Å². The lowest BCUT2D eigenvalue weighted by Crippen LogP contribution is -2.47. The topological polar surface area (TPSA) is 88.2 Å². The first kappa shape index (κ1) is 30.9. The molecule has 8 nitrogen and oxygen atoms in total. The van der Waals surface area contributed by atoms with Gasteiger partial charge in [-0.1, -0.05) is 17.7 Å². The van der Waals surface area contributed by atoms with Gasteiger partial charge in [-0.2, -0.15) is 13.2 Å². The average molecular weight is 604 g/mol. The smallest absolute Gasteiger partial charge is 0.390 e. The Morgan fingerprint density at radius 2 is 1.73 bits per heavy atom. The first-order valence-corrected chi connectivity index (χ1v) is 13.6. The summed E-state index contributed by atoms with van der Waals surface area (Å²) in [6.45, 7) is 2.06. The molecule has 4 rings (SSSR count). The summed E-state index contributed by atoms with van der Waals surface area (Å²) in [5.41, 5.74) is 0.115. The predicted octanol–water partition coefficient (Wildman–Crippen LogP) is 3.63. The number of likely N-dealkylation sites (tertiary alicyclic amines) is 1. The number of alkyl halides is 3. The van der Waals surface area contributed by atoms with Crippen molar-refractivity contribution in [3.63, 3.8) is 0 Å². The number of aliphatic hydroxyl groups is 1. The number of amides is 2. The molecule has 2 heterocycles. The van der Waals surface area contributed by atoms with Gasteiger partial charge in [-0.25, -0.2) is 8.78 Å². The Labute approximate surface area is 239 Å². The van der Waals surface area contributed by atoms with E-state index in [0.29, 0.717) is 56.4 Å². The van der Waals surface area contributed by atoms with Gasteiger partial charge in [0.05, 0.1) is 36.0 Å². The molecule has 2 aromatic rings. The van der Waals surface area contributed by atoms with E-state index in [1.807, 2.05) is 4.90 Å². The number of aliphatic hydroxyl groups excluding tert-OH is 1. The minimum Gasteiger partial charge on any atom is -0.392 e. The summed E-state index contributed by atoms with van der Waals surface area (Å²) in [5.74, 6) is -3.94. The highest BCUT2D eigenvalue weighted by Gasteiger charge is 2.29. The lowest BCUT2D eigenvalue weighted by Gasteiger charge is -2.37. The second-order valence-electron chi connectivity index (χ2n) is 10.2. The number of nitrogens with zero attached hydrogens (tertiary/aromatic N) is 3. The lowest BCUT2D eigenvalue weighted by atomic mass is 10.1. The quantitative estimate of drug-likeness (QED) is 0.380. The Hall–Kier alpha value is -3.00. The molecule has 0 spiro atoms. The molecule has 2 aliphatic heterocycles. The molecule has 1 atom stereocenters. The Morgan fingerprint density at radius 3 is 2.39 bits per heavy atom. The number of rotatable bonds is 9. The highest BCUT2D eigenvalue weighted by Crippen LogP contribution is 2.31. The zero-order valence-electron chi connectivity index (χ0n) is 22.1. The van der Waals surface area contributed by atoms with Gasteiger partial charge in [-0.15, -0.1) is 0 Å². The van der Waals surface area contributed by atoms with Crippen molar-refractivity contribution < 1.29 is 36.6 Å². The number of hydrogen-bond donors (Lipinski definition) is 3. The van der Waals surface area contributed by atoms with Gasteiger partial charge in [0.1, 0.15) is 0 Å². The lowest BCUT2D eigenvalue weighted by molar-refractivity contribution is -0.138. The van der Waals surface area contributed by atoms with Crippen LogP contribution < -0.4 is 15.5 Å². The van der Waals surface area contributed by atoms with E-state index in [1.54, 1.807) is 15.9 Å². The van der Waals surface area contributed by atoms with Crippen LogP contribution in [0.2, 0.25) is 5.02 Å². The van der Waals surface area contributed by atoms with Crippen molar-refractivity contribution in [2.75, 3.05) is 62.6 Å². The second-order valence-corrected chi connectivity index (χ2v) is 10.6.